The molecule has 0 spiro atoms. The number of nitrogens with two attached hydrogens (primary N) is 1. The number of nitrogens with zero attached hydrogens (tertiary/aromatic N) is 1. The van der Waals surface area contributed by atoms with E-state index in [2.05, 4.69) is 29.8 Å². The maximum absolute atomic E-state index is 12.4. The van der Waals surface area contributed by atoms with Crippen LogP contribution in [0.2, 0.25) is 0 Å². The normalized spacial score (nSPS) is 27.8. The molecule has 2 N–H and O–H groups in total. The Morgan fingerprint density at radius 3 is 2.83 bits per heavy atom. The highest BCUT2D eigenvalue weighted by Gasteiger charge is 2.41. The smallest absolute Gasteiger partial charge is 0.263 e. The standard InChI is InChI=1S/C13H19BrN2OS/c1-8-4-10(18-11(8)14)12(17)16-5-9(2)13(3,6-15)7-16/h4,9H,5-7,15H2,1-3H3/t9-,13-/m1/s1. The summed E-state index contributed by atoms with van der Waals surface area (Å²) in [7, 11) is 0. The molecular weight excluding hydrogens is 312 g/mol. The summed E-state index contributed by atoms with van der Waals surface area (Å²) in [6, 6.07) is 1.96. The van der Waals surface area contributed by atoms with Crippen molar-refractivity contribution in [1.82, 2.24) is 4.90 Å². The molecule has 5 heteroatoms. The van der Waals surface area contributed by atoms with Crippen LogP contribution in [0.4, 0.5) is 0 Å². The zero-order chi connectivity index (χ0) is 13.5. The van der Waals surface area contributed by atoms with Gasteiger partial charge in [-0.3, -0.25) is 4.79 Å². The Morgan fingerprint density at radius 1 is 1.72 bits per heavy atom. The van der Waals surface area contributed by atoms with Gasteiger partial charge >= 0.3 is 0 Å². The van der Waals surface area contributed by atoms with Crippen molar-refractivity contribution in [3.8, 4) is 0 Å². The Bertz CT molecular complexity index is 454. The number of likely N-dealkylation sites (tertiary alicyclic amines) is 1. The van der Waals surface area contributed by atoms with Gasteiger partial charge in [0.15, 0.2) is 0 Å². The molecule has 0 radical (unpaired) electrons. The summed E-state index contributed by atoms with van der Waals surface area (Å²) < 4.78 is 1.04. The van der Waals surface area contributed by atoms with Gasteiger partial charge in [-0.2, -0.15) is 0 Å². The van der Waals surface area contributed by atoms with Gasteiger partial charge in [-0.25, -0.2) is 0 Å². The maximum Gasteiger partial charge on any atom is 0.263 e. The number of hydrogen-bond donors (Lipinski definition) is 1. The summed E-state index contributed by atoms with van der Waals surface area (Å²) in [5, 5.41) is 0. The molecule has 2 atom stereocenters. The van der Waals surface area contributed by atoms with E-state index in [1.54, 1.807) is 0 Å². The molecule has 1 saturated heterocycles. The largest absolute Gasteiger partial charge is 0.337 e. The molecule has 0 saturated carbocycles. The summed E-state index contributed by atoms with van der Waals surface area (Å²) in [4.78, 5) is 15.2. The van der Waals surface area contributed by atoms with E-state index in [9.17, 15) is 4.79 Å². The first-order valence-corrected chi connectivity index (χ1v) is 7.73. The van der Waals surface area contributed by atoms with Crippen LogP contribution in [-0.4, -0.2) is 30.4 Å². The first-order chi connectivity index (χ1) is 8.37. The third-order valence-corrected chi connectivity index (χ3v) is 6.18. The number of hydrogen-bond acceptors (Lipinski definition) is 3. The van der Waals surface area contributed by atoms with Gasteiger partial charge in [0, 0.05) is 18.5 Å². The van der Waals surface area contributed by atoms with Crippen LogP contribution in [0.25, 0.3) is 0 Å². The molecule has 0 aromatic carbocycles. The van der Waals surface area contributed by atoms with E-state index in [1.807, 2.05) is 17.9 Å². The second-order valence-electron chi connectivity index (χ2n) is 5.51. The molecule has 2 heterocycles. The van der Waals surface area contributed by atoms with Crippen LogP contribution in [0, 0.1) is 18.3 Å². The molecule has 1 aliphatic rings. The van der Waals surface area contributed by atoms with E-state index >= 15 is 0 Å². The predicted molar refractivity (Wildman–Crippen MR) is 79.0 cm³/mol. The van der Waals surface area contributed by atoms with Crippen molar-refractivity contribution in [2.24, 2.45) is 17.1 Å². The van der Waals surface area contributed by atoms with Crippen molar-refractivity contribution < 1.29 is 4.79 Å². The molecule has 0 bridgehead atoms. The van der Waals surface area contributed by atoms with E-state index in [-0.39, 0.29) is 11.3 Å². The third-order valence-electron chi connectivity index (χ3n) is 4.06. The SMILES string of the molecule is Cc1cc(C(=O)N2C[C@@H](C)[C@](C)(CN)C2)sc1Br. The van der Waals surface area contributed by atoms with Crippen LogP contribution in [-0.2, 0) is 0 Å². The van der Waals surface area contributed by atoms with E-state index in [1.165, 1.54) is 11.3 Å². The highest BCUT2D eigenvalue weighted by molar-refractivity contribution is 9.11. The quantitative estimate of drug-likeness (QED) is 0.906. The molecule has 1 aromatic heterocycles. The van der Waals surface area contributed by atoms with E-state index in [0.717, 1.165) is 27.3 Å². The lowest BCUT2D eigenvalue weighted by atomic mass is 9.81. The van der Waals surface area contributed by atoms with Crippen molar-refractivity contribution in [3.63, 3.8) is 0 Å². The molecule has 1 fully saturated rings. The Morgan fingerprint density at radius 2 is 2.39 bits per heavy atom. The second kappa shape index (κ2) is 4.94. The summed E-state index contributed by atoms with van der Waals surface area (Å²) >= 11 is 4.98. The minimum absolute atomic E-state index is 0.0548. The monoisotopic (exact) mass is 330 g/mol. The fourth-order valence-corrected chi connectivity index (χ4v) is 3.85. The third kappa shape index (κ3) is 2.36. The number of rotatable bonds is 2. The number of halogens is 1. The van der Waals surface area contributed by atoms with Gasteiger partial charge in [-0.1, -0.05) is 13.8 Å². The van der Waals surface area contributed by atoms with E-state index in [0.29, 0.717) is 12.5 Å². The molecular formula is C13H19BrN2OS. The molecule has 18 heavy (non-hydrogen) atoms. The van der Waals surface area contributed by atoms with E-state index in [4.69, 9.17) is 5.73 Å². The minimum Gasteiger partial charge on any atom is -0.337 e. The molecule has 1 aromatic rings. The van der Waals surface area contributed by atoms with Crippen LogP contribution in [0.5, 0.6) is 0 Å². The molecule has 0 aliphatic carbocycles. The number of thiophene rings is 1. The first kappa shape index (κ1) is 14.0. The highest BCUT2D eigenvalue weighted by atomic mass is 79.9. The van der Waals surface area contributed by atoms with Gasteiger partial charge in [-0.05, 0) is 46.9 Å². The molecule has 2 rings (SSSR count). The van der Waals surface area contributed by atoms with Crippen molar-refractivity contribution in [2.45, 2.75) is 20.8 Å². The molecule has 1 amide bonds. The fourth-order valence-electron chi connectivity index (χ4n) is 2.35. The Labute approximate surface area is 120 Å². The van der Waals surface area contributed by atoms with Crippen molar-refractivity contribution in [1.29, 1.82) is 0 Å². The summed E-state index contributed by atoms with van der Waals surface area (Å²) in [6.07, 6.45) is 0. The van der Waals surface area contributed by atoms with Gasteiger partial charge in [0.2, 0.25) is 0 Å². The fraction of sp³-hybridized carbons (Fsp3) is 0.615. The minimum atomic E-state index is 0.0548. The van der Waals surface area contributed by atoms with Crippen molar-refractivity contribution in [2.75, 3.05) is 19.6 Å². The Kier molecular flexibility index (Phi) is 3.85. The van der Waals surface area contributed by atoms with Crippen molar-refractivity contribution >= 4 is 33.2 Å². The van der Waals surface area contributed by atoms with Crippen LogP contribution in [0.1, 0.15) is 29.1 Å². The molecule has 100 valence electrons. The summed E-state index contributed by atoms with van der Waals surface area (Å²) in [6.45, 7) is 8.55. The van der Waals surface area contributed by atoms with Crippen LogP contribution >= 0.6 is 27.3 Å². The van der Waals surface area contributed by atoms with Crippen molar-refractivity contribution in [3.05, 3.63) is 20.3 Å². The zero-order valence-corrected chi connectivity index (χ0v) is 13.4. The molecule has 3 nitrogen and oxygen atoms in total. The van der Waals surface area contributed by atoms with Crippen LogP contribution in [0.3, 0.4) is 0 Å². The number of amides is 1. The molecule has 1 aliphatic heterocycles. The van der Waals surface area contributed by atoms with Gasteiger partial charge in [-0.15, -0.1) is 11.3 Å². The average Bonchev–Trinajstić information content (AvgIpc) is 2.81. The second-order valence-corrected chi connectivity index (χ2v) is 7.88. The lowest BCUT2D eigenvalue weighted by molar-refractivity contribution is 0.0781. The van der Waals surface area contributed by atoms with Gasteiger partial charge < -0.3 is 10.6 Å². The maximum atomic E-state index is 12.4. The van der Waals surface area contributed by atoms with Gasteiger partial charge in [0.25, 0.3) is 5.91 Å². The lowest BCUT2D eigenvalue weighted by Crippen LogP contribution is -2.35. The number of aryl methyl sites for hydroxylation is 1. The summed E-state index contributed by atoms with van der Waals surface area (Å²) in [5.41, 5.74) is 7.02. The number of carbonyl (C=O) groups excluding carboxylic acids is 1. The van der Waals surface area contributed by atoms with Crippen LogP contribution in [0.15, 0.2) is 9.85 Å². The average molecular weight is 331 g/mol. The Balaban J connectivity index is 2.17. The number of carbonyl (C=O) groups is 1. The highest BCUT2D eigenvalue weighted by Crippen LogP contribution is 2.36. The van der Waals surface area contributed by atoms with Gasteiger partial charge in [0.05, 0.1) is 8.66 Å². The zero-order valence-electron chi connectivity index (χ0n) is 11.0. The summed E-state index contributed by atoms with van der Waals surface area (Å²) in [5.74, 6) is 0.591. The molecule has 0 unspecified atom stereocenters. The first-order valence-electron chi connectivity index (χ1n) is 6.12. The van der Waals surface area contributed by atoms with E-state index < -0.39 is 0 Å². The Hall–Kier alpha value is -0.390. The van der Waals surface area contributed by atoms with Crippen LogP contribution < -0.4 is 5.73 Å². The predicted octanol–water partition coefficient (Wildman–Crippen LogP) is 2.88. The lowest BCUT2D eigenvalue weighted by Gasteiger charge is -2.25. The van der Waals surface area contributed by atoms with Gasteiger partial charge in [0.1, 0.15) is 0 Å². The topological polar surface area (TPSA) is 46.3 Å².